The van der Waals surface area contributed by atoms with Crippen LogP contribution in [0.5, 0.6) is 0 Å². The van der Waals surface area contributed by atoms with Crippen molar-refractivity contribution < 1.29 is 0 Å². The highest BCUT2D eigenvalue weighted by atomic mass is 32.1. The van der Waals surface area contributed by atoms with E-state index in [0.29, 0.717) is 0 Å². The molecule has 0 radical (unpaired) electrons. The minimum atomic E-state index is 1.22. The lowest BCUT2D eigenvalue weighted by Gasteiger charge is -2.20. The molecule has 298 valence electrons. The maximum Gasteiger partial charge on any atom is 0.0349 e. The van der Waals surface area contributed by atoms with Crippen molar-refractivity contribution in [3.63, 3.8) is 0 Å². The van der Waals surface area contributed by atoms with Crippen molar-refractivity contribution in [1.29, 1.82) is 0 Å². The van der Waals surface area contributed by atoms with E-state index >= 15 is 0 Å². The lowest BCUT2D eigenvalue weighted by Crippen LogP contribution is -1.93. The van der Waals surface area contributed by atoms with Gasteiger partial charge < -0.3 is 0 Å². The summed E-state index contributed by atoms with van der Waals surface area (Å²) in [6.45, 7) is 0. The zero-order valence-corrected chi connectivity index (χ0v) is 36.4. The SMILES string of the molecule is c1ccc(-c2ccc(-c3cccc(-c4c5ccccc5c(-c5cccc(-c6ccc(-c7ccccc7)s6)c5)c5cc(-c6ccc7ccc8cccc9ccc6c7c89)ccc45)c3)s2)cc1. The molecular formula is C62H38S2. The summed E-state index contributed by atoms with van der Waals surface area (Å²) in [7, 11) is 0. The molecule has 2 heterocycles. The second-order valence-corrected chi connectivity index (χ2v) is 18.9. The average Bonchev–Trinajstić information content (AvgIpc) is 4.08. The third kappa shape index (κ3) is 6.10. The molecule has 13 aromatic rings. The highest BCUT2D eigenvalue weighted by molar-refractivity contribution is 7.19. The molecule has 0 saturated carbocycles. The Bertz CT molecular complexity index is 3870. The molecule has 0 saturated heterocycles. The number of fused-ring (bicyclic) bond motifs is 2. The Morgan fingerprint density at radius 2 is 0.641 bits per heavy atom. The van der Waals surface area contributed by atoms with Gasteiger partial charge in [0.25, 0.3) is 0 Å². The van der Waals surface area contributed by atoms with E-state index in [1.165, 1.54) is 129 Å². The number of hydrogen-bond donors (Lipinski definition) is 0. The highest BCUT2D eigenvalue weighted by Crippen LogP contribution is 2.48. The van der Waals surface area contributed by atoms with Crippen molar-refractivity contribution in [1.82, 2.24) is 0 Å². The molecule has 11 aromatic carbocycles. The van der Waals surface area contributed by atoms with Crippen LogP contribution in [-0.4, -0.2) is 0 Å². The Morgan fingerprint density at radius 1 is 0.219 bits per heavy atom. The molecule has 0 aliphatic rings. The standard InChI is InChI=1S/C62H38S2/c1-3-12-39(13-4-1)55-32-34-57(63-55)45-18-10-20-47(36-45)60-50-22-7-8-23-51(50)61(48-21-11-19-46(37-48)58-35-33-56(64-58)40-14-5-2-6-15-40)54-38-44(28-31-53(54)60)49-29-26-43-25-24-41-16-9-17-42-27-30-52(49)62(43)59(41)42/h1-38H. The summed E-state index contributed by atoms with van der Waals surface area (Å²) in [4.78, 5) is 5.09. The third-order valence-electron chi connectivity index (χ3n) is 13.1. The van der Waals surface area contributed by atoms with Gasteiger partial charge in [-0.05, 0) is 152 Å². The van der Waals surface area contributed by atoms with E-state index in [2.05, 4.69) is 231 Å². The molecule has 0 aliphatic carbocycles. The van der Waals surface area contributed by atoms with Crippen LogP contribution in [0.15, 0.2) is 231 Å². The molecule has 0 atom stereocenters. The minimum Gasteiger partial charge on any atom is -0.135 e. The Morgan fingerprint density at radius 3 is 1.23 bits per heavy atom. The van der Waals surface area contributed by atoms with Gasteiger partial charge in [0.05, 0.1) is 0 Å². The molecule has 0 nitrogen and oxygen atoms in total. The normalized spacial score (nSPS) is 11.8. The van der Waals surface area contributed by atoms with E-state index in [4.69, 9.17) is 0 Å². The number of benzene rings is 11. The minimum absolute atomic E-state index is 1.22. The van der Waals surface area contributed by atoms with Crippen LogP contribution >= 0.6 is 22.7 Å². The summed E-state index contributed by atoms with van der Waals surface area (Å²) in [5.41, 5.74) is 12.4. The van der Waals surface area contributed by atoms with Crippen molar-refractivity contribution in [3.8, 4) is 75.1 Å². The van der Waals surface area contributed by atoms with Crippen LogP contribution in [0.3, 0.4) is 0 Å². The topological polar surface area (TPSA) is 0 Å². The van der Waals surface area contributed by atoms with Crippen LogP contribution < -0.4 is 0 Å². The van der Waals surface area contributed by atoms with E-state index in [-0.39, 0.29) is 0 Å². The van der Waals surface area contributed by atoms with Gasteiger partial charge in [-0.3, -0.25) is 0 Å². The summed E-state index contributed by atoms with van der Waals surface area (Å²) in [6, 6.07) is 85.7. The van der Waals surface area contributed by atoms with E-state index < -0.39 is 0 Å². The predicted octanol–water partition coefficient (Wildman–Crippen LogP) is 18.7. The van der Waals surface area contributed by atoms with Gasteiger partial charge in [0, 0.05) is 19.5 Å². The second kappa shape index (κ2) is 15.0. The molecule has 13 rings (SSSR count). The zero-order chi connectivity index (χ0) is 42.1. The molecule has 0 unspecified atom stereocenters. The van der Waals surface area contributed by atoms with Gasteiger partial charge in [-0.2, -0.15) is 0 Å². The fraction of sp³-hybridized carbons (Fsp3) is 0. The first-order chi connectivity index (χ1) is 31.7. The van der Waals surface area contributed by atoms with Gasteiger partial charge in [0.2, 0.25) is 0 Å². The third-order valence-corrected chi connectivity index (χ3v) is 15.4. The first kappa shape index (κ1) is 37.0. The number of thiophene rings is 2. The quantitative estimate of drug-likeness (QED) is 0.111. The number of hydrogen-bond acceptors (Lipinski definition) is 2. The molecule has 0 aliphatic heterocycles. The van der Waals surface area contributed by atoms with Crippen molar-refractivity contribution in [2.45, 2.75) is 0 Å². The van der Waals surface area contributed by atoms with Crippen molar-refractivity contribution >= 4 is 76.5 Å². The zero-order valence-electron chi connectivity index (χ0n) is 34.8. The van der Waals surface area contributed by atoms with Crippen LogP contribution in [0.2, 0.25) is 0 Å². The van der Waals surface area contributed by atoms with Crippen LogP contribution in [-0.2, 0) is 0 Å². The lowest BCUT2D eigenvalue weighted by molar-refractivity contribution is 1.64. The van der Waals surface area contributed by atoms with Gasteiger partial charge in [-0.15, -0.1) is 22.7 Å². The fourth-order valence-electron chi connectivity index (χ4n) is 10.1. The Kier molecular flexibility index (Phi) is 8.69. The van der Waals surface area contributed by atoms with Crippen LogP contribution in [0.1, 0.15) is 0 Å². The maximum absolute atomic E-state index is 2.48. The Labute approximate surface area is 379 Å². The smallest absolute Gasteiger partial charge is 0.0349 e. The first-order valence-corrected chi connectivity index (χ1v) is 23.5. The van der Waals surface area contributed by atoms with Crippen molar-refractivity contribution in [2.24, 2.45) is 0 Å². The number of rotatable bonds is 7. The molecule has 2 aromatic heterocycles. The van der Waals surface area contributed by atoms with Gasteiger partial charge in [0.1, 0.15) is 0 Å². The van der Waals surface area contributed by atoms with Gasteiger partial charge in [-0.25, -0.2) is 0 Å². The highest BCUT2D eigenvalue weighted by Gasteiger charge is 2.20. The molecule has 0 bridgehead atoms. The molecule has 2 heteroatoms. The summed E-state index contributed by atoms with van der Waals surface area (Å²) >= 11 is 3.71. The van der Waals surface area contributed by atoms with Crippen LogP contribution in [0, 0.1) is 0 Å². The fourth-order valence-corrected chi connectivity index (χ4v) is 12.1. The summed E-state index contributed by atoms with van der Waals surface area (Å²) < 4.78 is 0. The first-order valence-electron chi connectivity index (χ1n) is 21.9. The average molecular weight is 847 g/mol. The molecular weight excluding hydrogens is 809 g/mol. The van der Waals surface area contributed by atoms with E-state index in [9.17, 15) is 0 Å². The second-order valence-electron chi connectivity index (χ2n) is 16.7. The maximum atomic E-state index is 2.48. The summed E-state index contributed by atoms with van der Waals surface area (Å²) in [6.07, 6.45) is 0. The van der Waals surface area contributed by atoms with Crippen LogP contribution in [0.4, 0.5) is 0 Å². The largest absolute Gasteiger partial charge is 0.135 e. The Hall–Kier alpha value is -7.62. The predicted molar refractivity (Wildman–Crippen MR) is 279 cm³/mol. The molecule has 0 fully saturated rings. The monoisotopic (exact) mass is 846 g/mol. The van der Waals surface area contributed by atoms with Crippen molar-refractivity contribution in [2.75, 3.05) is 0 Å². The van der Waals surface area contributed by atoms with E-state index in [0.717, 1.165) is 0 Å². The van der Waals surface area contributed by atoms with E-state index in [1.807, 2.05) is 22.7 Å². The molecule has 0 spiro atoms. The van der Waals surface area contributed by atoms with Crippen LogP contribution in [0.25, 0.3) is 129 Å². The van der Waals surface area contributed by atoms with Crippen molar-refractivity contribution in [3.05, 3.63) is 231 Å². The van der Waals surface area contributed by atoms with Gasteiger partial charge in [0.15, 0.2) is 0 Å². The summed E-state index contributed by atoms with van der Waals surface area (Å²) in [5, 5.41) is 12.8. The Balaban J connectivity index is 1.04. The van der Waals surface area contributed by atoms with E-state index in [1.54, 1.807) is 0 Å². The van der Waals surface area contributed by atoms with Gasteiger partial charge in [-0.1, -0.05) is 188 Å². The van der Waals surface area contributed by atoms with Gasteiger partial charge >= 0.3 is 0 Å². The lowest BCUT2D eigenvalue weighted by atomic mass is 9.83. The summed E-state index contributed by atoms with van der Waals surface area (Å²) in [5.74, 6) is 0. The molecule has 0 amide bonds. The molecule has 64 heavy (non-hydrogen) atoms. The molecule has 0 N–H and O–H groups in total.